The van der Waals surface area contributed by atoms with Crippen LogP contribution in [-0.2, 0) is 33.3 Å². The number of alkyl halides is 1. The lowest BCUT2D eigenvalue weighted by Crippen LogP contribution is -2.58. The topological polar surface area (TPSA) is 88.1 Å². The van der Waals surface area contributed by atoms with Crippen LogP contribution in [0, 0.1) is 11.8 Å². The molecular formula is C17H27ClO7. The molecule has 0 saturated carbocycles. The van der Waals surface area contributed by atoms with Crippen LogP contribution in [-0.4, -0.2) is 48.4 Å². The van der Waals surface area contributed by atoms with Crippen molar-refractivity contribution < 1.29 is 33.3 Å². The fourth-order valence-corrected chi connectivity index (χ4v) is 3.30. The zero-order valence-corrected chi connectivity index (χ0v) is 16.3. The van der Waals surface area contributed by atoms with Gasteiger partial charge < -0.3 is 18.9 Å². The van der Waals surface area contributed by atoms with E-state index in [0.29, 0.717) is 0 Å². The molecule has 1 aliphatic heterocycles. The zero-order chi connectivity index (χ0) is 19.4. The molecular weight excluding hydrogens is 352 g/mol. The minimum atomic E-state index is -1.81. The van der Waals surface area contributed by atoms with E-state index in [0.717, 1.165) is 6.42 Å². The van der Waals surface area contributed by atoms with Gasteiger partial charge in [-0.05, 0) is 12.3 Å². The Morgan fingerprint density at radius 2 is 1.88 bits per heavy atom. The van der Waals surface area contributed by atoms with E-state index in [1.165, 1.54) is 21.0 Å². The zero-order valence-electron chi connectivity index (χ0n) is 15.5. The number of hydrogen-bond acceptors (Lipinski definition) is 7. The highest BCUT2D eigenvalue weighted by atomic mass is 35.5. The molecule has 0 N–H and O–H groups in total. The summed E-state index contributed by atoms with van der Waals surface area (Å²) in [4.78, 5) is 35.1. The molecule has 0 amide bonds. The Hall–Kier alpha value is -1.34. The Labute approximate surface area is 153 Å². The molecule has 1 aliphatic rings. The first-order valence-corrected chi connectivity index (χ1v) is 8.73. The Bertz CT molecular complexity index is 509. The van der Waals surface area contributed by atoms with Crippen LogP contribution in [0.15, 0.2) is 0 Å². The number of hydrogen-bond donors (Lipinski definition) is 0. The monoisotopic (exact) mass is 378 g/mol. The average molecular weight is 379 g/mol. The summed E-state index contributed by atoms with van der Waals surface area (Å²) in [5.74, 6) is -2.12. The van der Waals surface area contributed by atoms with Gasteiger partial charge in [0.25, 0.3) is 0 Å². The summed E-state index contributed by atoms with van der Waals surface area (Å²) >= 11 is 6.36. The second-order valence-electron chi connectivity index (χ2n) is 6.47. The normalized spacial score (nSPS) is 31.6. The van der Waals surface area contributed by atoms with Crippen molar-refractivity contribution in [2.45, 2.75) is 70.8 Å². The summed E-state index contributed by atoms with van der Waals surface area (Å²) in [6, 6.07) is 0. The van der Waals surface area contributed by atoms with Gasteiger partial charge in [-0.3, -0.25) is 9.59 Å². The predicted octanol–water partition coefficient (Wildman–Crippen LogP) is 2.43. The number of carbonyl (C=O) groups is 3. The highest BCUT2D eigenvalue weighted by Crippen LogP contribution is 2.41. The third kappa shape index (κ3) is 5.31. The van der Waals surface area contributed by atoms with Crippen LogP contribution in [0.4, 0.5) is 0 Å². The van der Waals surface area contributed by atoms with Gasteiger partial charge in [0, 0.05) is 26.2 Å². The molecule has 6 atom stereocenters. The van der Waals surface area contributed by atoms with Gasteiger partial charge in [0.15, 0.2) is 0 Å². The van der Waals surface area contributed by atoms with Crippen molar-refractivity contribution in [1.29, 1.82) is 0 Å². The van der Waals surface area contributed by atoms with Crippen LogP contribution in [0.3, 0.4) is 0 Å². The van der Waals surface area contributed by atoms with E-state index >= 15 is 0 Å². The van der Waals surface area contributed by atoms with Gasteiger partial charge in [-0.1, -0.05) is 32.4 Å². The van der Waals surface area contributed by atoms with Crippen LogP contribution >= 0.6 is 11.6 Å². The van der Waals surface area contributed by atoms with E-state index in [9.17, 15) is 14.4 Å². The summed E-state index contributed by atoms with van der Waals surface area (Å²) < 4.78 is 21.4. The van der Waals surface area contributed by atoms with Crippen LogP contribution < -0.4 is 0 Å². The average Bonchev–Trinajstić information content (AvgIpc) is 2.53. The molecule has 1 unspecified atom stereocenters. The van der Waals surface area contributed by atoms with Crippen LogP contribution in [0.2, 0.25) is 0 Å². The van der Waals surface area contributed by atoms with Crippen molar-refractivity contribution in [1.82, 2.24) is 0 Å². The first-order chi connectivity index (χ1) is 11.6. The molecule has 7 nitrogen and oxygen atoms in total. The molecule has 144 valence electrons. The molecule has 0 aliphatic carbocycles. The third-order valence-electron chi connectivity index (χ3n) is 4.53. The fraction of sp³-hybridized carbons (Fsp3) is 0.824. The minimum absolute atomic E-state index is 0.0498. The molecule has 25 heavy (non-hydrogen) atoms. The SMILES string of the molecule is CC[C@@H](C)[C@@H](OC(C)=O)C1O[C@](Cl)(C(=O)OC)C[C@H](OC(C)=O)[C@H]1C. The van der Waals surface area contributed by atoms with Gasteiger partial charge in [0.05, 0.1) is 7.11 Å². The summed E-state index contributed by atoms with van der Waals surface area (Å²) in [5.41, 5.74) is 0. The predicted molar refractivity (Wildman–Crippen MR) is 89.8 cm³/mol. The molecule has 0 aromatic carbocycles. The van der Waals surface area contributed by atoms with Crippen molar-refractivity contribution in [3.8, 4) is 0 Å². The summed E-state index contributed by atoms with van der Waals surface area (Å²) in [6.07, 6.45) is -1.37. The van der Waals surface area contributed by atoms with Crippen molar-refractivity contribution in [2.24, 2.45) is 11.8 Å². The lowest BCUT2D eigenvalue weighted by molar-refractivity contribution is -0.221. The lowest BCUT2D eigenvalue weighted by atomic mass is 9.82. The number of rotatable bonds is 6. The molecule has 8 heteroatoms. The van der Waals surface area contributed by atoms with E-state index in [1.54, 1.807) is 0 Å². The smallest absolute Gasteiger partial charge is 0.354 e. The first-order valence-electron chi connectivity index (χ1n) is 8.35. The molecule has 1 saturated heterocycles. The van der Waals surface area contributed by atoms with E-state index in [-0.39, 0.29) is 18.3 Å². The van der Waals surface area contributed by atoms with Gasteiger partial charge in [-0.15, -0.1) is 0 Å². The molecule has 1 fully saturated rings. The number of methoxy groups -OCH3 is 1. The van der Waals surface area contributed by atoms with Gasteiger partial charge in [0.2, 0.25) is 5.06 Å². The molecule has 0 bridgehead atoms. The standard InChI is InChI=1S/C17H27ClO7/c1-7-9(2)14(24-12(5)20)15-10(3)13(23-11(4)19)8-17(18,25-15)16(21)22-6/h9-10,13-15H,7-8H2,1-6H3/t9-,10-,13+,14-,15?,17+/m1/s1. The summed E-state index contributed by atoms with van der Waals surface area (Å²) in [5, 5.41) is -1.81. The van der Waals surface area contributed by atoms with Crippen LogP contribution in [0.25, 0.3) is 0 Å². The van der Waals surface area contributed by atoms with Gasteiger partial charge in [0.1, 0.15) is 18.3 Å². The first kappa shape index (κ1) is 21.7. The van der Waals surface area contributed by atoms with Crippen LogP contribution in [0.5, 0.6) is 0 Å². The minimum Gasteiger partial charge on any atom is -0.466 e. The molecule has 0 aromatic heterocycles. The molecule has 1 heterocycles. The summed E-state index contributed by atoms with van der Waals surface area (Å²) in [6.45, 7) is 8.26. The van der Waals surface area contributed by atoms with E-state index in [1.807, 2.05) is 20.8 Å². The summed E-state index contributed by atoms with van der Waals surface area (Å²) in [7, 11) is 1.20. The molecule has 1 rings (SSSR count). The Kier molecular flexibility index (Phi) is 7.68. The van der Waals surface area contributed by atoms with Gasteiger partial charge in [-0.2, -0.15) is 0 Å². The van der Waals surface area contributed by atoms with Gasteiger partial charge in [-0.25, -0.2) is 4.79 Å². The maximum Gasteiger partial charge on any atom is 0.354 e. The number of halogens is 1. The second kappa shape index (κ2) is 8.85. The molecule has 0 radical (unpaired) electrons. The highest BCUT2D eigenvalue weighted by Gasteiger charge is 2.54. The number of ether oxygens (including phenoxy) is 4. The van der Waals surface area contributed by atoms with E-state index < -0.39 is 41.3 Å². The van der Waals surface area contributed by atoms with E-state index in [4.69, 9.17) is 30.5 Å². The van der Waals surface area contributed by atoms with Crippen LogP contribution in [0.1, 0.15) is 47.5 Å². The largest absolute Gasteiger partial charge is 0.466 e. The van der Waals surface area contributed by atoms with Crippen molar-refractivity contribution in [2.75, 3.05) is 7.11 Å². The Morgan fingerprint density at radius 3 is 2.32 bits per heavy atom. The van der Waals surface area contributed by atoms with Crippen molar-refractivity contribution in [3.63, 3.8) is 0 Å². The molecule has 0 aromatic rings. The fourth-order valence-electron chi connectivity index (χ4n) is 2.97. The highest BCUT2D eigenvalue weighted by molar-refractivity contribution is 6.32. The molecule has 0 spiro atoms. The number of esters is 3. The quantitative estimate of drug-likeness (QED) is 0.398. The van der Waals surface area contributed by atoms with Crippen molar-refractivity contribution in [3.05, 3.63) is 0 Å². The Morgan fingerprint density at radius 1 is 1.28 bits per heavy atom. The van der Waals surface area contributed by atoms with E-state index in [2.05, 4.69) is 0 Å². The van der Waals surface area contributed by atoms with Crippen molar-refractivity contribution >= 4 is 29.5 Å². The van der Waals surface area contributed by atoms with Gasteiger partial charge >= 0.3 is 17.9 Å². The third-order valence-corrected chi connectivity index (χ3v) is 4.93. The maximum absolute atomic E-state index is 12.1. The lowest BCUT2D eigenvalue weighted by Gasteiger charge is -2.46. The second-order valence-corrected chi connectivity index (χ2v) is 7.08. The maximum atomic E-state index is 12.1. The Balaban J connectivity index is 3.24. The number of carbonyl (C=O) groups excluding carboxylic acids is 3.